The first kappa shape index (κ1) is 13.1. The zero-order chi connectivity index (χ0) is 14.0. The molecule has 0 unspecified atom stereocenters. The van der Waals surface area contributed by atoms with E-state index in [0.717, 1.165) is 11.6 Å². The number of rotatable bonds is 3. The van der Waals surface area contributed by atoms with Crippen molar-refractivity contribution in [1.82, 2.24) is 0 Å². The Bertz CT molecular complexity index is 605. The van der Waals surface area contributed by atoms with Crippen molar-refractivity contribution < 1.29 is 19.4 Å². The molecule has 1 aromatic carbocycles. The molecule has 4 nitrogen and oxygen atoms in total. The maximum atomic E-state index is 12.1. The molecule has 1 aromatic rings. The number of hydrogen-bond acceptors (Lipinski definition) is 4. The molecule has 0 radical (unpaired) electrons. The Balaban J connectivity index is 2.30. The molecule has 0 saturated heterocycles. The maximum Gasteiger partial charge on any atom is 0.228 e. The largest absolute Gasteiger partial charge is 0.507 e. The number of fused-ring (bicyclic) bond motifs is 1. The molecular weight excluding hydrogens is 244 g/mol. The molecule has 0 aliphatic heterocycles. The van der Waals surface area contributed by atoms with Gasteiger partial charge in [-0.25, -0.2) is 0 Å². The van der Waals surface area contributed by atoms with Crippen LogP contribution in [0.1, 0.15) is 34.6 Å². The second-order valence-electron chi connectivity index (χ2n) is 4.49. The molecule has 1 N–H and O–H groups in total. The summed E-state index contributed by atoms with van der Waals surface area (Å²) in [5.74, 6) is -0.969. The Kier molecular flexibility index (Phi) is 3.51. The molecule has 2 rings (SSSR count). The summed E-state index contributed by atoms with van der Waals surface area (Å²) in [7, 11) is 0. The summed E-state index contributed by atoms with van der Waals surface area (Å²) < 4.78 is 5.31. The Morgan fingerprint density at radius 3 is 2.74 bits per heavy atom. The highest BCUT2D eigenvalue weighted by atomic mass is 16.5. The molecule has 19 heavy (non-hydrogen) atoms. The van der Waals surface area contributed by atoms with Crippen LogP contribution in [-0.4, -0.2) is 23.3 Å². The molecule has 0 heterocycles. The lowest BCUT2D eigenvalue weighted by atomic mass is 9.93. The smallest absolute Gasteiger partial charge is 0.228 e. The van der Waals surface area contributed by atoms with Crippen LogP contribution in [-0.2, 0) is 4.74 Å². The van der Waals surface area contributed by atoms with E-state index in [2.05, 4.69) is 0 Å². The number of hydrogen-bond donors (Lipinski definition) is 1. The molecule has 1 aliphatic carbocycles. The third-order valence-electron chi connectivity index (χ3n) is 2.75. The third kappa shape index (κ3) is 2.57. The van der Waals surface area contributed by atoms with Crippen LogP contribution in [0.15, 0.2) is 41.7 Å². The van der Waals surface area contributed by atoms with Crippen molar-refractivity contribution in [3.05, 3.63) is 52.8 Å². The molecule has 1 aliphatic rings. The van der Waals surface area contributed by atoms with Crippen molar-refractivity contribution in [2.45, 2.75) is 13.8 Å². The molecule has 0 bridgehead atoms. The van der Waals surface area contributed by atoms with Gasteiger partial charge in [-0.2, -0.15) is 0 Å². The van der Waals surface area contributed by atoms with Gasteiger partial charge in [-0.15, -0.1) is 0 Å². The fourth-order valence-corrected chi connectivity index (χ4v) is 1.78. The molecule has 0 saturated carbocycles. The second-order valence-corrected chi connectivity index (χ2v) is 4.49. The molecule has 0 atom stereocenters. The first-order valence-electron chi connectivity index (χ1n) is 5.89. The molecule has 0 spiro atoms. The van der Waals surface area contributed by atoms with Crippen LogP contribution < -0.4 is 0 Å². The van der Waals surface area contributed by atoms with Gasteiger partial charge in [0.15, 0.2) is 11.5 Å². The predicted molar refractivity (Wildman–Crippen MR) is 70.2 cm³/mol. The number of Topliss-reactive ketones (excluding diaryl/α,β-unsaturated/α-hetero) is 1. The van der Waals surface area contributed by atoms with Crippen LogP contribution >= 0.6 is 0 Å². The van der Waals surface area contributed by atoms with Gasteiger partial charge < -0.3 is 9.84 Å². The van der Waals surface area contributed by atoms with Crippen LogP contribution in [0.3, 0.4) is 0 Å². The fraction of sp³-hybridized carbons (Fsp3) is 0.200. The summed E-state index contributed by atoms with van der Waals surface area (Å²) in [6.07, 6.45) is 2.94. The Hall–Kier alpha value is -2.36. The van der Waals surface area contributed by atoms with E-state index in [-0.39, 0.29) is 35.0 Å². The number of carbonyl (C=O) groups excluding carboxylic acids is 2. The number of ether oxygens (including phenoxy) is 1. The first-order chi connectivity index (χ1) is 9.00. The second kappa shape index (κ2) is 5.10. The van der Waals surface area contributed by atoms with Gasteiger partial charge in [0.1, 0.15) is 12.4 Å². The summed E-state index contributed by atoms with van der Waals surface area (Å²) in [6, 6.07) is 4.41. The summed E-state index contributed by atoms with van der Waals surface area (Å²) in [4.78, 5) is 24.0. The topological polar surface area (TPSA) is 63.6 Å². The van der Waals surface area contributed by atoms with Crippen LogP contribution in [0, 0.1) is 0 Å². The molecule has 98 valence electrons. The monoisotopic (exact) mass is 258 g/mol. The number of ketones is 2. The van der Waals surface area contributed by atoms with E-state index in [1.807, 2.05) is 19.9 Å². The van der Waals surface area contributed by atoms with Crippen LogP contribution in [0.5, 0.6) is 5.75 Å². The normalized spacial score (nSPS) is 13.7. The van der Waals surface area contributed by atoms with Gasteiger partial charge >= 0.3 is 0 Å². The zero-order valence-electron chi connectivity index (χ0n) is 10.8. The minimum atomic E-state index is -0.417. The van der Waals surface area contributed by atoms with Crippen molar-refractivity contribution in [1.29, 1.82) is 0 Å². The number of allylic oxidation sites excluding steroid dienone is 3. The van der Waals surface area contributed by atoms with Crippen molar-refractivity contribution in [2.24, 2.45) is 0 Å². The van der Waals surface area contributed by atoms with Crippen LogP contribution in [0.4, 0.5) is 0 Å². The molecule has 4 heteroatoms. The van der Waals surface area contributed by atoms with E-state index in [1.165, 1.54) is 18.2 Å². The van der Waals surface area contributed by atoms with Gasteiger partial charge in [0.25, 0.3) is 0 Å². The minimum absolute atomic E-state index is 0.0144. The first-order valence-corrected chi connectivity index (χ1v) is 5.89. The number of benzene rings is 1. The van der Waals surface area contributed by atoms with Gasteiger partial charge in [-0.05, 0) is 32.1 Å². The third-order valence-corrected chi connectivity index (χ3v) is 2.75. The quantitative estimate of drug-likeness (QED) is 0.846. The van der Waals surface area contributed by atoms with Gasteiger partial charge in [0, 0.05) is 11.6 Å². The zero-order valence-corrected chi connectivity index (χ0v) is 10.8. The van der Waals surface area contributed by atoms with Gasteiger partial charge in [-0.3, -0.25) is 9.59 Å². The SMILES string of the molecule is CC(C)=CCOC1=CC(=O)c2c(O)cccc2C1=O. The van der Waals surface area contributed by atoms with Crippen molar-refractivity contribution in [3.8, 4) is 5.75 Å². The lowest BCUT2D eigenvalue weighted by Gasteiger charge is -2.15. The van der Waals surface area contributed by atoms with Gasteiger partial charge in [0.05, 0.1) is 5.56 Å². The Morgan fingerprint density at radius 2 is 2.05 bits per heavy atom. The average molecular weight is 258 g/mol. The Labute approximate surface area is 111 Å². The van der Waals surface area contributed by atoms with E-state index in [9.17, 15) is 14.7 Å². The lowest BCUT2D eigenvalue weighted by Crippen LogP contribution is -2.18. The number of aromatic hydroxyl groups is 1. The maximum absolute atomic E-state index is 12.1. The van der Waals surface area contributed by atoms with E-state index in [1.54, 1.807) is 0 Å². The number of carbonyl (C=O) groups is 2. The molecule has 0 amide bonds. The molecule has 0 aromatic heterocycles. The Morgan fingerprint density at radius 1 is 1.32 bits per heavy atom. The van der Waals surface area contributed by atoms with E-state index >= 15 is 0 Å². The van der Waals surface area contributed by atoms with Crippen molar-refractivity contribution in [2.75, 3.05) is 6.61 Å². The highest BCUT2D eigenvalue weighted by Gasteiger charge is 2.28. The van der Waals surface area contributed by atoms with E-state index in [4.69, 9.17) is 4.74 Å². The highest BCUT2D eigenvalue weighted by Crippen LogP contribution is 2.28. The molecular formula is C15H14O4. The highest BCUT2D eigenvalue weighted by molar-refractivity contribution is 6.24. The van der Waals surface area contributed by atoms with E-state index in [0.29, 0.717) is 0 Å². The summed E-state index contributed by atoms with van der Waals surface area (Å²) in [5, 5.41) is 9.63. The van der Waals surface area contributed by atoms with Gasteiger partial charge in [0.2, 0.25) is 5.78 Å². The average Bonchev–Trinajstić information content (AvgIpc) is 2.34. The predicted octanol–water partition coefficient (Wildman–Crippen LogP) is 2.64. The summed E-state index contributed by atoms with van der Waals surface area (Å²) >= 11 is 0. The van der Waals surface area contributed by atoms with Crippen LogP contribution in [0.25, 0.3) is 0 Å². The summed E-state index contributed by atoms with van der Waals surface area (Å²) in [5.41, 5.74) is 1.29. The lowest BCUT2D eigenvalue weighted by molar-refractivity contribution is 0.0898. The number of phenols is 1. The standard InChI is InChI=1S/C15H14O4/c1-9(2)6-7-19-13-8-12(17)14-10(15(13)18)4-3-5-11(14)16/h3-6,8,16H,7H2,1-2H3. The number of phenolic OH excluding ortho intramolecular Hbond substituents is 1. The summed E-state index contributed by atoms with van der Waals surface area (Å²) in [6.45, 7) is 4.07. The minimum Gasteiger partial charge on any atom is -0.507 e. The van der Waals surface area contributed by atoms with Crippen molar-refractivity contribution >= 4 is 11.6 Å². The van der Waals surface area contributed by atoms with Crippen LogP contribution in [0.2, 0.25) is 0 Å². The fourth-order valence-electron chi connectivity index (χ4n) is 1.78. The molecule has 0 fully saturated rings. The van der Waals surface area contributed by atoms with E-state index < -0.39 is 5.78 Å². The van der Waals surface area contributed by atoms with Gasteiger partial charge in [-0.1, -0.05) is 11.6 Å². The van der Waals surface area contributed by atoms with Crippen molar-refractivity contribution in [3.63, 3.8) is 0 Å².